The van der Waals surface area contributed by atoms with Crippen LogP contribution >= 0.6 is 0 Å². The second kappa shape index (κ2) is 15.6. The molecule has 8 N–H and O–H groups in total. The number of ether oxygens (including phenoxy) is 4. The molecule has 0 aromatic carbocycles. The molecule has 0 radical (unpaired) electrons. The number of hydrogen-bond donors (Lipinski definition) is 8. The Morgan fingerprint density at radius 3 is 1.84 bits per heavy atom. The second-order valence-corrected chi connectivity index (χ2v) is 9.74. The minimum Gasteiger partial charge on any atom is -0.405 e. The van der Waals surface area contributed by atoms with Gasteiger partial charge in [0, 0.05) is 6.42 Å². The van der Waals surface area contributed by atoms with Crippen LogP contribution in [0.15, 0.2) is 0 Å². The Kier molecular flexibility index (Phi) is 13.6. The monoisotopic (exact) mass is 540 g/mol. The molecule has 2 aliphatic rings. The lowest BCUT2D eigenvalue weighted by Gasteiger charge is -2.49. The molecule has 2 fully saturated rings. The SMILES string of the molecule is CCCCCCCCCCCC(=O)OC1(O[C@H]2O[C@H](CO)[C@@H](O)[C@H](O)[C@H]2O)O[C@H](CO)[C@@H](O)[C@H](O)[C@H]1O. The Labute approximate surface area is 216 Å². The fraction of sp³-hybridized carbons (Fsp3) is 0.958. The first-order valence-electron chi connectivity index (χ1n) is 13.1. The maximum absolute atomic E-state index is 12.7. The summed E-state index contributed by atoms with van der Waals surface area (Å²) in [6.45, 7) is 0.517. The highest BCUT2D eigenvalue weighted by Crippen LogP contribution is 2.36. The molecular formula is C24H44O13. The summed E-state index contributed by atoms with van der Waals surface area (Å²) in [5.41, 5.74) is 0. The molecular weight excluding hydrogens is 496 g/mol. The Hall–Kier alpha value is -0.970. The van der Waals surface area contributed by atoms with Crippen LogP contribution in [0.2, 0.25) is 0 Å². The van der Waals surface area contributed by atoms with Crippen molar-refractivity contribution in [2.75, 3.05) is 13.2 Å². The van der Waals surface area contributed by atoms with Gasteiger partial charge in [-0.1, -0.05) is 58.3 Å². The first kappa shape index (κ1) is 32.2. The van der Waals surface area contributed by atoms with Crippen LogP contribution in [0, 0.1) is 0 Å². The lowest BCUT2D eigenvalue weighted by Crippen LogP contribution is -2.70. The van der Waals surface area contributed by atoms with Gasteiger partial charge in [0.25, 0.3) is 0 Å². The van der Waals surface area contributed by atoms with Gasteiger partial charge in [0.15, 0.2) is 12.4 Å². The minimum atomic E-state index is -2.85. The molecule has 0 saturated carbocycles. The number of aliphatic hydroxyl groups excluding tert-OH is 8. The summed E-state index contributed by atoms with van der Waals surface area (Å²) < 4.78 is 21.4. The van der Waals surface area contributed by atoms with Crippen molar-refractivity contribution in [2.24, 2.45) is 0 Å². The summed E-state index contributed by atoms with van der Waals surface area (Å²) in [5.74, 6) is -3.75. The Balaban J connectivity index is 2.06. The Morgan fingerprint density at radius 2 is 1.27 bits per heavy atom. The minimum absolute atomic E-state index is 0.103. The molecule has 0 amide bonds. The van der Waals surface area contributed by atoms with E-state index in [1.54, 1.807) is 0 Å². The van der Waals surface area contributed by atoms with Crippen LogP contribution in [0.25, 0.3) is 0 Å². The van der Waals surface area contributed by atoms with Crippen molar-refractivity contribution in [3.63, 3.8) is 0 Å². The first-order valence-corrected chi connectivity index (χ1v) is 13.1. The lowest BCUT2D eigenvalue weighted by molar-refractivity contribution is -0.486. The molecule has 13 heteroatoms. The van der Waals surface area contributed by atoms with Crippen LogP contribution in [-0.2, 0) is 23.7 Å². The number of unbranched alkanes of at least 4 members (excludes halogenated alkanes) is 8. The maximum Gasteiger partial charge on any atom is 0.362 e. The van der Waals surface area contributed by atoms with Crippen molar-refractivity contribution in [3.8, 4) is 0 Å². The zero-order valence-corrected chi connectivity index (χ0v) is 21.3. The topological polar surface area (TPSA) is 216 Å². The van der Waals surface area contributed by atoms with E-state index < -0.39 is 80.3 Å². The molecule has 10 atom stereocenters. The third kappa shape index (κ3) is 8.51. The zero-order chi connectivity index (χ0) is 27.6. The standard InChI is InChI=1S/C24H44O13/c1-2-3-4-5-6-7-8-9-10-11-16(27)36-24(22(33)20(31)18(29)15(13-26)35-24)37-23-21(32)19(30)17(28)14(12-25)34-23/h14-15,17-23,25-26,28-33H,2-13H2,1H3/t14-,15-,17-,18-,19+,20+,21-,22-,23-,24?/m1/s1. The van der Waals surface area contributed by atoms with E-state index in [0.717, 1.165) is 25.7 Å². The van der Waals surface area contributed by atoms with Gasteiger partial charge in [0.05, 0.1) is 13.2 Å². The highest BCUT2D eigenvalue weighted by molar-refractivity contribution is 5.69. The van der Waals surface area contributed by atoms with E-state index in [4.69, 9.17) is 18.9 Å². The molecule has 2 rings (SSSR count). The fourth-order valence-corrected chi connectivity index (χ4v) is 4.43. The van der Waals surface area contributed by atoms with E-state index in [1.165, 1.54) is 25.7 Å². The van der Waals surface area contributed by atoms with Gasteiger partial charge in [-0.15, -0.1) is 0 Å². The van der Waals surface area contributed by atoms with Gasteiger partial charge in [-0.05, 0) is 6.42 Å². The number of esters is 1. The van der Waals surface area contributed by atoms with Crippen molar-refractivity contribution in [3.05, 3.63) is 0 Å². The van der Waals surface area contributed by atoms with Gasteiger partial charge in [-0.2, -0.15) is 0 Å². The van der Waals surface area contributed by atoms with E-state index in [9.17, 15) is 45.6 Å². The maximum atomic E-state index is 12.7. The van der Waals surface area contributed by atoms with E-state index in [0.29, 0.717) is 6.42 Å². The molecule has 0 aliphatic carbocycles. The molecule has 2 heterocycles. The third-order valence-corrected chi connectivity index (χ3v) is 6.78. The highest BCUT2D eigenvalue weighted by atomic mass is 16.9. The molecule has 0 aromatic heterocycles. The summed E-state index contributed by atoms with van der Waals surface area (Å²) in [7, 11) is 0. The average Bonchev–Trinajstić information content (AvgIpc) is 2.88. The number of aliphatic hydroxyl groups is 8. The molecule has 2 aliphatic heterocycles. The summed E-state index contributed by atoms with van der Waals surface area (Å²) in [4.78, 5) is 12.7. The molecule has 13 nitrogen and oxygen atoms in total. The van der Waals surface area contributed by atoms with Gasteiger partial charge >= 0.3 is 11.9 Å². The molecule has 37 heavy (non-hydrogen) atoms. The molecule has 0 bridgehead atoms. The highest BCUT2D eigenvalue weighted by Gasteiger charge is 2.60. The normalized spacial score (nSPS) is 38.5. The molecule has 2 saturated heterocycles. The van der Waals surface area contributed by atoms with Crippen LogP contribution in [-0.4, -0.2) is 121 Å². The van der Waals surface area contributed by atoms with Crippen molar-refractivity contribution in [1.29, 1.82) is 0 Å². The number of carbonyl (C=O) groups excluding carboxylic acids is 1. The van der Waals surface area contributed by atoms with E-state index >= 15 is 0 Å². The quantitative estimate of drug-likeness (QED) is 0.0667. The Bertz CT molecular complexity index is 663. The van der Waals surface area contributed by atoms with Crippen molar-refractivity contribution < 1.29 is 64.6 Å². The zero-order valence-electron chi connectivity index (χ0n) is 21.3. The van der Waals surface area contributed by atoms with Gasteiger partial charge in [-0.3, -0.25) is 9.53 Å². The second-order valence-electron chi connectivity index (χ2n) is 9.74. The summed E-state index contributed by atoms with van der Waals surface area (Å²) in [6.07, 6.45) is -7.43. The Morgan fingerprint density at radius 1 is 0.730 bits per heavy atom. The number of hydrogen-bond acceptors (Lipinski definition) is 13. The molecule has 1 unspecified atom stereocenters. The molecule has 218 valence electrons. The molecule has 0 aromatic rings. The van der Waals surface area contributed by atoms with Crippen molar-refractivity contribution in [1.82, 2.24) is 0 Å². The predicted octanol–water partition coefficient (Wildman–Crippen LogP) is -1.61. The summed E-state index contributed by atoms with van der Waals surface area (Å²) >= 11 is 0. The summed E-state index contributed by atoms with van der Waals surface area (Å²) in [5, 5.41) is 80.5. The van der Waals surface area contributed by atoms with Gasteiger partial charge in [-0.25, -0.2) is 0 Å². The van der Waals surface area contributed by atoms with Gasteiger partial charge in [0.2, 0.25) is 0 Å². The smallest absolute Gasteiger partial charge is 0.362 e. The predicted molar refractivity (Wildman–Crippen MR) is 125 cm³/mol. The van der Waals surface area contributed by atoms with E-state index in [-0.39, 0.29) is 6.42 Å². The average molecular weight is 541 g/mol. The third-order valence-electron chi connectivity index (χ3n) is 6.78. The van der Waals surface area contributed by atoms with Crippen LogP contribution in [0.1, 0.15) is 71.1 Å². The first-order chi connectivity index (χ1) is 17.6. The molecule has 0 spiro atoms. The van der Waals surface area contributed by atoms with E-state index in [1.807, 2.05) is 0 Å². The van der Waals surface area contributed by atoms with Crippen LogP contribution in [0.4, 0.5) is 0 Å². The number of rotatable bonds is 15. The van der Waals surface area contributed by atoms with Crippen LogP contribution in [0.3, 0.4) is 0 Å². The number of carbonyl (C=O) groups is 1. The fourth-order valence-electron chi connectivity index (χ4n) is 4.43. The van der Waals surface area contributed by atoms with Crippen molar-refractivity contribution >= 4 is 5.97 Å². The largest absolute Gasteiger partial charge is 0.405 e. The van der Waals surface area contributed by atoms with Crippen LogP contribution in [0.5, 0.6) is 0 Å². The summed E-state index contributed by atoms with van der Waals surface area (Å²) in [6, 6.07) is 0. The van der Waals surface area contributed by atoms with E-state index in [2.05, 4.69) is 6.92 Å². The lowest BCUT2D eigenvalue weighted by atomic mass is 9.96. The van der Waals surface area contributed by atoms with Gasteiger partial charge < -0.3 is 55.1 Å². The van der Waals surface area contributed by atoms with Gasteiger partial charge in [0.1, 0.15) is 42.7 Å². The van der Waals surface area contributed by atoms with Crippen LogP contribution < -0.4 is 0 Å². The van der Waals surface area contributed by atoms with Crippen molar-refractivity contribution in [2.45, 2.75) is 132 Å².